The topological polar surface area (TPSA) is 66.0 Å². The maximum absolute atomic E-state index is 11.9. The molecule has 0 saturated heterocycles. The minimum absolute atomic E-state index is 0.0697. The van der Waals surface area contributed by atoms with Crippen LogP contribution in [0.5, 0.6) is 5.75 Å². The summed E-state index contributed by atoms with van der Waals surface area (Å²) in [5, 5.41) is 18.1. The Kier molecular flexibility index (Phi) is 2.44. The Hall–Kier alpha value is -2.54. The standard InChI is InChI=1S/C12H8N2O2/c13-7-9-5-6-14(8-9)12(16)10-3-1-2-4-11(10)15/h1-6,8,15H. The molecular formula is C12H8N2O2. The molecule has 1 N–H and O–H groups in total. The van der Waals surface area contributed by atoms with Crippen LogP contribution < -0.4 is 0 Å². The van der Waals surface area contributed by atoms with Crippen molar-refractivity contribution in [1.29, 1.82) is 5.26 Å². The van der Waals surface area contributed by atoms with Crippen LogP contribution in [0.4, 0.5) is 0 Å². The van der Waals surface area contributed by atoms with E-state index in [1.807, 2.05) is 6.07 Å². The normalized spacial score (nSPS) is 9.69. The van der Waals surface area contributed by atoms with Gasteiger partial charge in [-0.3, -0.25) is 9.36 Å². The van der Waals surface area contributed by atoms with Crippen molar-refractivity contribution in [2.24, 2.45) is 0 Å². The lowest BCUT2D eigenvalue weighted by Gasteiger charge is -2.03. The molecule has 0 aliphatic heterocycles. The predicted octanol–water partition coefficient (Wildman–Crippen LogP) is 1.75. The van der Waals surface area contributed by atoms with Crippen LogP contribution in [0.25, 0.3) is 0 Å². The molecule has 0 spiro atoms. The van der Waals surface area contributed by atoms with E-state index in [1.165, 1.54) is 35.2 Å². The zero-order valence-corrected chi connectivity index (χ0v) is 8.29. The molecule has 2 aromatic rings. The van der Waals surface area contributed by atoms with E-state index in [-0.39, 0.29) is 17.2 Å². The number of benzene rings is 1. The van der Waals surface area contributed by atoms with Gasteiger partial charge in [0.25, 0.3) is 5.91 Å². The maximum atomic E-state index is 11.9. The van der Waals surface area contributed by atoms with Crippen LogP contribution in [0.1, 0.15) is 15.9 Å². The van der Waals surface area contributed by atoms with Crippen molar-refractivity contribution in [3.63, 3.8) is 0 Å². The van der Waals surface area contributed by atoms with Crippen LogP contribution in [-0.4, -0.2) is 15.6 Å². The fourth-order valence-electron chi connectivity index (χ4n) is 1.38. The average Bonchev–Trinajstić information content (AvgIpc) is 2.77. The highest BCUT2D eigenvalue weighted by Crippen LogP contribution is 2.17. The van der Waals surface area contributed by atoms with Gasteiger partial charge in [-0.15, -0.1) is 0 Å². The Morgan fingerprint density at radius 3 is 2.69 bits per heavy atom. The monoisotopic (exact) mass is 212 g/mol. The van der Waals surface area contributed by atoms with E-state index in [0.717, 1.165) is 0 Å². The van der Waals surface area contributed by atoms with Crippen molar-refractivity contribution in [3.05, 3.63) is 53.9 Å². The maximum Gasteiger partial charge on any atom is 0.265 e. The zero-order chi connectivity index (χ0) is 11.5. The number of carbonyl (C=O) groups is 1. The SMILES string of the molecule is N#Cc1ccn(C(=O)c2ccccc2O)c1. The minimum atomic E-state index is -0.361. The van der Waals surface area contributed by atoms with Crippen LogP contribution >= 0.6 is 0 Å². The Bertz CT molecular complexity index is 579. The number of hydrogen-bond donors (Lipinski definition) is 1. The smallest absolute Gasteiger partial charge is 0.265 e. The zero-order valence-electron chi connectivity index (χ0n) is 8.29. The summed E-state index contributed by atoms with van der Waals surface area (Å²) in [6.07, 6.45) is 2.92. The number of phenols is 1. The molecule has 2 rings (SSSR count). The van der Waals surface area contributed by atoms with E-state index in [1.54, 1.807) is 12.1 Å². The largest absolute Gasteiger partial charge is 0.507 e. The lowest BCUT2D eigenvalue weighted by Crippen LogP contribution is -2.09. The number of rotatable bonds is 1. The second-order valence-electron chi connectivity index (χ2n) is 3.24. The van der Waals surface area contributed by atoms with Crippen molar-refractivity contribution in [2.75, 3.05) is 0 Å². The van der Waals surface area contributed by atoms with Gasteiger partial charge in [-0.05, 0) is 18.2 Å². The second kappa shape index (κ2) is 3.91. The molecule has 0 radical (unpaired) electrons. The molecule has 0 aliphatic carbocycles. The van der Waals surface area contributed by atoms with Gasteiger partial charge in [0.2, 0.25) is 0 Å². The van der Waals surface area contributed by atoms with E-state index >= 15 is 0 Å². The van der Waals surface area contributed by atoms with Gasteiger partial charge in [0, 0.05) is 12.4 Å². The van der Waals surface area contributed by atoms with E-state index < -0.39 is 0 Å². The third-order valence-corrected chi connectivity index (χ3v) is 2.19. The van der Waals surface area contributed by atoms with E-state index in [2.05, 4.69) is 0 Å². The molecule has 4 nitrogen and oxygen atoms in total. The fraction of sp³-hybridized carbons (Fsp3) is 0. The van der Waals surface area contributed by atoms with Gasteiger partial charge in [-0.1, -0.05) is 12.1 Å². The summed E-state index contributed by atoms with van der Waals surface area (Å²) >= 11 is 0. The molecule has 78 valence electrons. The van der Waals surface area contributed by atoms with Gasteiger partial charge in [0.05, 0.1) is 11.1 Å². The molecule has 0 bridgehead atoms. The number of aromatic hydroxyl groups is 1. The number of nitriles is 1. The lowest BCUT2D eigenvalue weighted by molar-refractivity contribution is 0.0957. The Labute approximate surface area is 92.0 Å². The molecule has 1 heterocycles. The second-order valence-corrected chi connectivity index (χ2v) is 3.24. The number of phenolic OH excluding ortho intramolecular Hbond substituents is 1. The molecule has 0 unspecified atom stereocenters. The van der Waals surface area contributed by atoms with Gasteiger partial charge in [0.1, 0.15) is 11.8 Å². The Balaban J connectivity index is 2.40. The summed E-state index contributed by atoms with van der Waals surface area (Å²) in [5.41, 5.74) is 0.617. The summed E-state index contributed by atoms with van der Waals surface area (Å²) in [5.74, 6) is -0.431. The van der Waals surface area contributed by atoms with Gasteiger partial charge in [0.15, 0.2) is 0 Å². The minimum Gasteiger partial charge on any atom is -0.507 e. The van der Waals surface area contributed by atoms with Crippen molar-refractivity contribution >= 4 is 5.91 Å². The number of para-hydroxylation sites is 1. The van der Waals surface area contributed by atoms with Crippen LogP contribution in [0.2, 0.25) is 0 Å². The van der Waals surface area contributed by atoms with Crippen molar-refractivity contribution in [1.82, 2.24) is 4.57 Å². The number of hydrogen-bond acceptors (Lipinski definition) is 3. The molecule has 1 aromatic heterocycles. The molecule has 0 aliphatic rings. The summed E-state index contributed by atoms with van der Waals surface area (Å²) in [6.45, 7) is 0. The first kappa shape index (κ1) is 9.99. The molecule has 0 atom stereocenters. The van der Waals surface area contributed by atoms with E-state index in [9.17, 15) is 9.90 Å². The first-order chi connectivity index (χ1) is 7.72. The molecular weight excluding hydrogens is 204 g/mol. The van der Waals surface area contributed by atoms with Crippen LogP contribution in [-0.2, 0) is 0 Å². The summed E-state index contributed by atoms with van der Waals surface area (Å²) in [7, 11) is 0. The van der Waals surface area contributed by atoms with Gasteiger partial charge in [-0.25, -0.2) is 0 Å². The number of aromatic nitrogens is 1. The highest BCUT2D eigenvalue weighted by atomic mass is 16.3. The van der Waals surface area contributed by atoms with Crippen LogP contribution in [0, 0.1) is 11.3 Å². The van der Waals surface area contributed by atoms with Crippen molar-refractivity contribution < 1.29 is 9.90 Å². The third-order valence-electron chi connectivity index (χ3n) is 2.19. The quantitative estimate of drug-likeness (QED) is 0.783. The fourth-order valence-corrected chi connectivity index (χ4v) is 1.38. The third kappa shape index (κ3) is 1.66. The van der Waals surface area contributed by atoms with Crippen molar-refractivity contribution in [2.45, 2.75) is 0 Å². The Morgan fingerprint density at radius 1 is 1.31 bits per heavy atom. The van der Waals surface area contributed by atoms with Gasteiger partial charge < -0.3 is 5.11 Å². The first-order valence-electron chi connectivity index (χ1n) is 4.63. The first-order valence-corrected chi connectivity index (χ1v) is 4.63. The van der Waals surface area contributed by atoms with Crippen LogP contribution in [0.3, 0.4) is 0 Å². The molecule has 0 saturated carbocycles. The average molecular weight is 212 g/mol. The summed E-state index contributed by atoms with van der Waals surface area (Å²) < 4.78 is 1.27. The highest BCUT2D eigenvalue weighted by molar-refractivity contribution is 5.98. The molecule has 0 fully saturated rings. The van der Waals surface area contributed by atoms with Crippen LogP contribution in [0.15, 0.2) is 42.7 Å². The molecule has 4 heteroatoms. The summed E-state index contributed by atoms with van der Waals surface area (Å²) in [6, 6.07) is 9.76. The number of nitrogens with zero attached hydrogens (tertiary/aromatic N) is 2. The van der Waals surface area contributed by atoms with Gasteiger partial charge >= 0.3 is 0 Å². The summed E-state index contributed by atoms with van der Waals surface area (Å²) in [4.78, 5) is 11.9. The van der Waals surface area contributed by atoms with Crippen molar-refractivity contribution in [3.8, 4) is 11.8 Å². The predicted molar refractivity (Wildman–Crippen MR) is 57.0 cm³/mol. The van der Waals surface area contributed by atoms with Gasteiger partial charge in [-0.2, -0.15) is 5.26 Å². The van der Waals surface area contributed by atoms with E-state index in [0.29, 0.717) is 5.56 Å². The highest BCUT2D eigenvalue weighted by Gasteiger charge is 2.12. The van der Waals surface area contributed by atoms with E-state index in [4.69, 9.17) is 5.26 Å². The number of carbonyl (C=O) groups excluding carboxylic acids is 1. The lowest BCUT2D eigenvalue weighted by atomic mass is 10.2. The molecule has 16 heavy (non-hydrogen) atoms. The molecule has 1 aromatic carbocycles. The molecule has 0 amide bonds. The Morgan fingerprint density at radius 2 is 2.06 bits per heavy atom.